The topological polar surface area (TPSA) is 81.1 Å². The van der Waals surface area contributed by atoms with Crippen molar-refractivity contribution < 1.29 is 0 Å². The van der Waals surface area contributed by atoms with Crippen molar-refractivity contribution in [3.05, 3.63) is 23.8 Å². The van der Waals surface area contributed by atoms with Crippen LogP contribution >= 0.6 is 0 Å². The van der Waals surface area contributed by atoms with Crippen LogP contribution in [-0.2, 0) is 19.5 Å². The van der Waals surface area contributed by atoms with Crippen molar-refractivity contribution in [1.82, 2.24) is 20.1 Å². The largest absolute Gasteiger partial charge is 0.370 e. The summed E-state index contributed by atoms with van der Waals surface area (Å²) in [5, 5.41) is 11.2. The van der Waals surface area contributed by atoms with E-state index in [0.717, 1.165) is 36.6 Å². The Labute approximate surface area is 101 Å². The molecule has 1 aromatic rings. The summed E-state index contributed by atoms with van der Waals surface area (Å²) < 4.78 is 2.12. The van der Waals surface area contributed by atoms with Crippen LogP contribution in [-0.4, -0.2) is 27.3 Å². The molecule has 2 rings (SSSR count). The third-order valence-electron chi connectivity index (χ3n) is 2.65. The van der Waals surface area contributed by atoms with E-state index >= 15 is 0 Å². The molecule has 1 aliphatic rings. The number of nitrogens with zero attached hydrogens (tertiary/aromatic N) is 4. The number of guanidine groups is 1. The fourth-order valence-electron chi connectivity index (χ4n) is 1.78. The van der Waals surface area contributed by atoms with E-state index < -0.39 is 0 Å². The van der Waals surface area contributed by atoms with Crippen molar-refractivity contribution in [2.24, 2.45) is 10.7 Å². The molecule has 6 heteroatoms. The fraction of sp³-hybridized carbons (Fsp3) is 0.545. The minimum atomic E-state index is 0.420. The van der Waals surface area contributed by atoms with Gasteiger partial charge in [0.15, 0.2) is 11.8 Å². The summed E-state index contributed by atoms with van der Waals surface area (Å²) >= 11 is 0. The van der Waals surface area contributed by atoms with E-state index in [1.54, 1.807) is 0 Å². The van der Waals surface area contributed by atoms with Crippen molar-refractivity contribution in [1.29, 1.82) is 0 Å². The zero-order valence-electron chi connectivity index (χ0n) is 10.1. The molecular weight excluding hydrogens is 216 g/mol. The number of nitrogens with two attached hydrogens (primary N) is 1. The van der Waals surface area contributed by atoms with E-state index in [1.165, 1.54) is 0 Å². The fourth-order valence-corrected chi connectivity index (χ4v) is 1.78. The molecule has 0 unspecified atom stereocenters. The maximum Gasteiger partial charge on any atom is 0.189 e. The lowest BCUT2D eigenvalue weighted by Crippen LogP contribution is -2.32. The Bertz CT molecular complexity index is 445. The normalized spacial score (nSPS) is 14.8. The van der Waals surface area contributed by atoms with E-state index in [-0.39, 0.29) is 0 Å². The molecule has 1 aliphatic heterocycles. The molecule has 0 radical (unpaired) electrons. The van der Waals surface area contributed by atoms with Crippen molar-refractivity contribution in [2.45, 2.75) is 32.9 Å². The van der Waals surface area contributed by atoms with E-state index in [9.17, 15) is 0 Å². The van der Waals surface area contributed by atoms with Gasteiger partial charge in [-0.25, -0.2) is 4.99 Å². The molecule has 0 fully saturated rings. The number of aryl methyl sites for hydroxylation is 1. The first kappa shape index (κ1) is 11.6. The highest BCUT2D eigenvalue weighted by molar-refractivity contribution is 5.77. The number of aliphatic imine (C=N–C) groups is 1. The Morgan fingerprint density at radius 1 is 1.59 bits per heavy atom. The second-order valence-corrected chi connectivity index (χ2v) is 4.30. The summed E-state index contributed by atoms with van der Waals surface area (Å²) in [6.45, 7) is 7.83. The van der Waals surface area contributed by atoms with E-state index in [0.29, 0.717) is 19.0 Å². The summed E-state index contributed by atoms with van der Waals surface area (Å²) in [6, 6.07) is 0. The second-order valence-electron chi connectivity index (χ2n) is 4.30. The van der Waals surface area contributed by atoms with Crippen molar-refractivity contribution >= 4 is 5.96 Å². The van der Waals surface area contributed by atoms with Gasteiger partial charge in [-0.05, 0) is 13.3 Å². The van der Waals surface area contributed by atoms with Gasteiger partial charge in [0.1, 0.15) is 12.4 Å². The molecule has 6 nitrogen and oxygen atoms in total. The first-order valence-corrected chi connectivity index (χ1v) is 5.76. The molecule has 92 valence electrons. The third-order valence-corrected chi connectivity index (χ3v) is 2.65. The van der Waals surface area contributed by atoms with Crippen LogP contribution < -0.4 is 11.1 Å². The number of hydrogen-bond donors (Lipinski definition) is 2. The predicted octanol–water partition coefficient (Wildman–Crippen LogP) is 0.205. The van der Waals surface area contributed by atoms with Crippen LogP contribution in [0.3, 0.4) is 0 Å². The first-order chi connectivity index (χ1) is 8.16. The van der Waals surface area contributed by atoms with Gasteiger partial charge in [-0.3, -0.25) is 0 Å². The van der Waals surface area contributed by atoms with Crippen LogP contribution in [0.1, 0.15) is 25.0 Å². The van der Waals surface area contributed by atoms with Crippen LogP contribution in [0.25, 0.3) is 0 Å². The predicted molar refractivity (Wildman–Crippen MR) is 66.5 cm³/mol. The Morgan fingerprint density at radius 2 is 2.41 bits per heavy atom. The number of hydrogen-bond acceptors (Lipinski definition) is 3. The number of rotatable bonds is 4. The number of aromatic nitrogens is 3. The lowest BCUT2D eigenvalue weighted by atomic mass is 10.3. The van der Waals surface area contributed by atoms with Gasteiger partial charge in [0.05, 0.1) is 0 Å². The average Bonchev–Trinajstić information content (AvgIpc) is 2.86. The van der Waals surface area contributed by atoms with Crippen LogP contribution in [0.4, 0.5) is 0 Å². The second kappa shape index (κ2) is 4.99. The molecule has 3 N–H and O–H groups in total. The van der Waals surface area contributed by atoms with Crippen LogP contribution in [0.2, 0.25) is 0 Å². The summed E-state index contributed by atoms with van der Waals surface area (Å²) in [5.41, 5.74) is 6.74. The SMILES string of the molecule is C=C(C)CNC(N)=NCc1nnc2n1CCC2. The highest BCUT2D eigenvalue weighted by atomic mass is 15.3. The van der Waals surface area contributed by atoms with Gasteiger partial charge in [0.25, 0.3) is 0 Å². The Kier molecular flexibility index (Phi) is 3.41. The highest BCUT2D eigenvalue weighted by Gasteiger charge is 2.16. The quantitative estimate of drug-likeness (QED) is 0.443. The van der Waals surface area contributed by atoms with Crippen molar-refractivity contribution in [3.63, 3.8) is 0 Å². The average molecular weight is 234 g/mol. The monoisotopic (exact) mass is 234 g/mol. The minimum Gasteiger partial charge on any atom is -0.370 e. The first-order valence-electron chi connectivity index (χ1n) is 5.76. The molecule has 0 amide bonds. The van der Waals surface area contributed by atoms with Crippen LogP contribution in [0.5, 0.6) is 0 Å². The molecule has 1 aromatic heterocycles. The Hall–Kier alpha value is -1.85. The zero-order chi connectivity index (χ0) is 12.3. The van der Waals surface area contributed by atoms with Crippen molar-refractivity contribution in [2.75, 3.05) is 6.54 Å². The van der Waals surface area contributed by atoms with Gasteiger partial charge in [-0.1, -0.05) is 12.2 Å². The summed E-state index contributed by atoms with van der Waals surface area (Å²) in [4.78, 5) is 4.23. The molecule has 17 heavy (non-hydrogen) atoms. The smallest absolute Gasteiger partial charge is 0.189 e. The Balaban J connectivity index is 1.92. The lowest BCUT2D eigenvalue weighted by Gasteiger charge is -2.04. The summed E-state index contributed by atoms with van der Waals surface area (Å²) in [5.74, 6) is 2.37. The van der Waals surface area contributed by atoms with Gasteiger partial charge in [-0.2, -0.15) is 0 Å². The molecule has 0 spiro atoms. The minimum absolute atomic E-state index is 0.420. The molecular formula is C11H18N6. The maximum atomic E-state index is 5.72. The van der Waals surface area contributed by atoms with E-state index in [2.05, 4.69) is 31.7 Å². The van der Waals surface area contributed by atoms with E-state index in [4.69, 9.17) is 5.73 Å². The van der Waals surface area contributed by atoms with Gasteiger partial charge < -0.3 is 15.6 Å². The van der Waals surface area contributed by atoms with Crippen LogP contribution in [0.15, 0.2) is 17.1 Å². The zero-order valence-corrected chi connectivity index (χ0v) is 10.1. The van der Waals surface area contributed by atoms with Crippen molar-refractivity contribution in [3.8, 4) is 0 Å². The maximum absolute atomic E-state index is 5.72. The van der Waals surface area contributed by atoms with E-state index in [1.807, 2.05) is 6.92 Å². The van der Waals surface area contributed by atoms with Gasteiger partial charge in [0, 0.05) is 19.5 Å². The van der Waals surface area contributed by atoms with Gasteiger partial charge in [-0.15, -0.1) is 10.2 Å². The van der Waals surface area contributed by atoms with Gasteiger partial charge >= 0.3 is 0 Å². The molecule has 0 aliphatic carbocycles. The Morgan fingerprint density at radius 3 is 3.18 bits per heavy atom. The summed E-state index contributed by atoms with van der Waals surface area (Å²) in [6.07, 6.45) is 2.16. The highest BCUT2D eigenvalue weighted by Crippen LogP contribution is 2.14. The molecule has 0 bridgehead atoms. The molecule has 0 atom stereocenters. The summed E-state index contributed by atoms with van der Waals surface area (Å²) in [7, 11) is 0. The molecule has 0 aromatic carbocycles. The standard InChI is InChI=1S/C11H18N6/c1-8(2)6-13-11(12)14-7-10-16-15-9-4-3-5-17(9)10/h1,3-7H2,2H3,(H3,12,13,14). The third kappa shape index (κ3) is 2.83. The molecule has 0 saturated carbocycles. The number of nitrogens with one attached hydrogen (secondary N) is 1. The number of fused-ring (bicyclic) bond motifs is 1. The van der Waals surface area contributed by atoms with Crippen LogP contribution in [0, 0.1) is 0 Å². The molecule has 2 heterocycles. The molecule has 0 saturated heterocycles. The van der Waals surface area contributed by atoms with Gasteiger partial charge in [0.2, 0.25) is 0 Å². The lowest BCUT2D eigenvalue weighted by molar-refractivity contribution is 0.687.